The van der Waals surface area contributed by atoms with Gasteiger partial charge in [-0.15, -0.1) is 0 Å². The van der Waals surface area contributed by atoms with Crippen molar-refractivity contribution in [2.75, 3.05) is 11.9 Å². The van der Waals surface area contributed by atoms with E-state index in [1.807, 2.05) is 0 Å². The normalized spacial score (nSPS) is 18.9. The maximum absolute atomic E-state index is 11.8. The Balaban J connectivity index is 2.05. The Morgan fingerprint density at radius 2 is 2.35 bits per heavy atom. The molecule has 1 fully saturated rings. The number of carbonyl (C=O) groups excluding carboxylic acids is 2. The van der Waals surface area contributed by atoms with Crippen LogP contribution in [0.5, 0.6) is 0 Å². The van der Waals surface area contributed by atoms with Gasteiger partial charge in [0.05, 0.1) is 17.3 Å². The molecule has 1 aromatic rings. The smallest absolute Gasteiger partial charge is 0.229 e. The van der Waals surface area contributed by atoms with Crippen molar-refractivity contribution in [2.45, 2.75) is 13.3 Å². The third kappa shape index (κ3) is 2.74. The molecule has 0 spiro atoms. The van der Waals surface area contributed by atoms with Crippen LogP contribution in [0.15, 0.2) is 12.1 Å². The Morgan fingerprint density at radius 1 is 1.59 bits per heavy atom. The molecule has 0 saturated carbocycles. The number of nitrogens with one attached hydrogen (secondary N) is 2. The molecule has 0 radical (unpaired) electrons. The minimum atomic E-state index is -0.308. The lowest BCUT2D eigenvalue weighted by Gasteiger charge is -2.10. The highest BCUT2D eigenvalue weighted by Gasteiger charge is 2.28. The molecule has 2 heterocycles. The van der Waals surface area contributed by atoms with Crippen molar-refractivity contribution < 1.29 is 9.59 Å². The molecule has 0 aromatic carbocycles. The first-order valence-electron chi connectivity index (χ1n) is 5.27. The van der Waals surface area contributed by atoms with Crippen LogP contribution >= 0.6 is 11.6 Å². The summed E-state index contributed by atoms with van der Waals surface area (Å²) in [5.41, 5.74) is 1.28. The van der Waals surface area contributed by atoms with Crippen LogP contribution in [-0.2, 0) is 9.59 Å². The van der Waals surface area contributed by atoms with Gasteiger partial charge in [0.1, 0.15) is 5.15 Å². The molecular formula is C11H12ClN3O2. The van der Waals surface area contributed by atoms with Crippen LogP contribution in [-0.4, -0.2) is 23.3 Å². The maximum atomic E-state index is 11.8. The number of aryl methyl sites for hydroxylation is 1. The number of nitrogens with zero attached hydrogens (tertiary/aromatic N) is 1. The van der Waals surface area contributed by atoms with Crippen molar-refractivity contribution in [3.63, 3.8) is 0 Å². The van der Waals surface area contributed by atoms with E-state index >= 15 is 0 Å². The van der Waals surface area contributed by atoms with Gasteiger partial charge in [0.2, 0.25) is 11.8 Å². The van der Waals surface area contributed by atoms with E-state index in [-0.39, 0.29) is 24.2 Å². The predicted octanol–water partition coefficient (Wildman–Crippen LogP) is 1.12. The fourth-order valence-corrected chi connectivity index (χ4v) is 1.88. The number of anilines is 1. The average Bonchev–Trinajstić information content (AvgIpc) is 2.69. The highest BCUT2D eigenvalue weighted by Crippen LogP contribution is 2.18. The quantitative estimate of drug-likeness (QED) is 0.776. The van der Waals surface area contributed by atoms with Gasteiger partial charge in [0, 0.05) is 13.0 Å². The summed E-state index contributed by atoms with van der Waals surface area (Å²) in [7, 11) is 0. The van der Waals surface area contributed by atoms with Crippen LogP contribution in [0.1, 0.15) is 12.1 Å². The minimum absolute atomic E-state index is 0.0869. The number of pyridine rings is 1. The molecule has 0 aliphatic carbocycles. The number of rotatable bonds is 2. The van der Waals surface area contributed by atoms with Gasteiger partial charge in [-0.3, -0.25) is 9.59 Å². The van der Waals surface area contributed by atoms with Crippen LogP contribution in [0.4, 0.5) is 5.69 Å². The second-order valence-electron chi connectivity index (χ2n) is 3.96. The fraction of sp³-hybridized carbons (Fsp3) is 0.364. The molecule has 2 amide bonds. The summed E-state index contributed by atoms with van der Waals surface area (Å²) >= 11 is 5.72. The molecule has 2 rings (SSSR count). The monoisotopic (exact) mass is 253 g/mol. The van der Waals surface area contributed by atoms with Gasteiger partial charge in [-0.1, -0.05) is 11.6 Å². The SMILES string of the molecule is Cc1nc(Cl)ccc1NC(=O)C1CNC(=O)C1. The van der Waals surface area contributed by atoms with Gasteiger partial charge in [0.25, 0.3) is 0 Å². The molecule has 6 heteroatoms. The number of carbonyl (C=O) groups is 2. The lowest BCUT2D eigenvalue weighted by atomic mass is 10.1. The van der Waals surface area contributed by atoms with Crippen molar-refractivity contribution in [1.82, 2.24) is 10.3 Å². The third-order valence-electron chi connectivity index (χ3n) is 2.66. The average molecular weight is 254 g/mol. The second kappa shape index (κ2) is 4.71. The van der Waals surface area contributed by atoms with E-state index in [9.17, 15) is 9.59 Å². The van der Waals surface area contributed by atoms with Gasteiger partial charge in [-0.2, -0.15) is 0 Å². The summed E-state index contributed by atoms with van der Waals surface area (Å²) in [4.78, 5) is 26.9. The van der Waals surface area contributed by atoms with Crippen LogP contribution in [0.2, 0.25) is 5.15 Å². The highest BCUT2D eigenvalue weighted by molar-refractivity contribution is 6.29. The Morgan fingerprint density at radius 3 is 2.94 bits per heavy atom. The Bertz CT molecular complexity index is 476. The van der Waals surface area contributed by atoms with Crippen LogP contribution < -0.4 is 10.6 Å². The van der Waals surface area contributed by atoms with Crippen molar-refractivity contribution >= 4 is 29.1 Å². The Labute approximate surface area is 104 Å². The largest absolute Gasteiger partial charge is 0.355 e. The molecule has 1 aromatic heterocycles. The number of amides is 2. The number of aromatic nitrogens is 1. The summed E-state index contributed by atoms with van der Waals surface area (Å²) in [5.74, 6) is -0.566. The van der Waals surface area contributed by atoms with Gasteiger partial charge in [0.15, 0.2) is 0 Å². The molecule has 0 bridgehead atoms. The van der Waals surface area contributed by atoms with Crippen molar-refractivity contribution in [3.05, 3.63) is 23.0 Å². The van der Waals surface area contributed by atoms with Crippen molar-refractivity contribution in [2.24, 2.45) is 5.92 Å². The number of hydrogen-bond donors (Lipinski definition) is 2. The number of hydrogen-bond acceptors (Lipinski definition) is 3. The van der Waals surface area contributed by atoms with Crippen LogP contribution in [0.3, 0.4) is 0 Å². The lowest BCUT2D eigenvalue weighted by Crippen LogP contribution is -2.25. The Hall–Kier alpha value is -1.62. The molecule has 90 valence electrons. The molecule has 2 N–H and O–H groups in total. The van der Waals surface area contributed by atoms with Crippen molar-refractivity contribution in [1.29, 1.82) is 0 Å². The van der Waals surface area contributed by atoms with Gasteiger partial charge in [-0.05, 0) is 19.1 Å². The lowest BCUT2D eigenvalue weighted by molar-refractivity contribution is -0.123. The minimum Gasteiger partial charge on any atom is -0.355 e. The molecule has 1 aliphatic heterocycles. The standard InChI is InChI=1S/C11H12ClN3O2/c1-6-8(2-3-9(12)14-6)15-11(17)7-4-10(16)13-5-7/h2-3,7H,4-5H2,1H3,(H,13,16)(H,15,17). The van der Waals surface area contributed by atoms with Gasteiger partial charge in [-0.25, -0.2) is 4.98 Å². The van der Waals surface area contributed by atoms with Crippen molar-refractivity contribution in [3.8, 4) is 0 Å². The van der Waals surface area contributed by atoms with Gasteiger partial charge < -0.3 is 10.6 Å². The van der Waals surface area contributed by atoms with Crippen LogP contribution in [0.25, 0.3) is 0 Å². The van der Waals surface area contributed by atoms with E-state index < -0.39 is 0 Å². The molecule has 17 heavy (non-hydrogen) atoms. The van der Waals surface area contributed by atoms with Gasteiger partial charge >= 0.3 is 0 Å². The zero-order chi connectivity index (χ0) is 12.4. The molecule has 1 unspecified atom stereocenters. The summed E-state index contributed by atoms with van der Waals surface area (Å²) < 4.78 is 0. The van der Waals surface area contributed by atoms with E-state index in [0.29, 0.717) is 23.1 Å². The zero-order valence-corrected chi connectivity index (χ0v) is 10.0. The van der Waals surface area contributed by atoms with E-state index in [4.69, 9.17) is 11.6 Å². The first-order chi connectivity index (χ1) is 8.06. The summed E-state index contributed by atoms with van der Waals surface area (Å²) in [6, 6.07) is 3.31. The summed E-state index contributed by atoms with van der Waals surface area (Å²) in [5, 5.41) is 5.76. The highest BCUT2D eigenvalue weighted by atomic mass is 35.5. The maximum Gasteiger partial charge on any atom is 0.229 e. The molecule has 5 nitrogen and oxygen atoms in total. The molecule has 1 saturated heterocycles. The fourth-order valence-electron chi connectivity index (χ4n) is 1.69. The first-order valence-corrected chi connectivity index (χ1v) is 5.65. The van der Waals surface area contributed by atoms with Crippen LogP contribution in [0, 0.1) is 12.8 Å². The van der Waals surface area contributed by atoms with E-state index in [1.54, 1.807) is 19.1 Å². The van der Waals surface area contributed by atoms with E-state index in [2.05, 4.69) is 15.6 Å². The topological polar surface area (TPSA) is 71.1 Å². The summed E-state index contributed by atoms with van der Waals surface area (Å²) in [6.07, 6.45) is 0.242. The molecule has 1 atom stereocenters. The zero-order valence-electron chi connectivity index (χ0n) is 9.29. The number of halogens is 1. The molecule has 1 aliphatic rings. The molecular weight excluding hydrogens is 242 g/mol. The van der Waals surface area contributed by atoms with E-state index in [0.717, 1.165) is 0 Å². The third-order valence-corrected chi connectivity index (χ3v) is 2.87. The first kappa shape index (κ1) is 11.9. The Kier molecular flexibility index (Phi) is 3.28. The second-order valence-corrected chi connectivity index (χ2v) is 4.35. The van der Waals surface area contributed by atoms with E-state index in [1.165, 1.54) is 0 Å². The summed E-state index contributed by atoms with van der Waals surface area (Å²) in [6.45, 7) is 2.16. The predicted molar refractivity (Wildman–Crippen MR) is 63.7 cm³/mol.